The zero-order chi connectivity index (χ0) is 17.0. The molecule has 0 fully saturated rings. The molecule has 0 heterocycles. The zero-order valence-electron chi connectivity index (χ0n) is 12.8. The largest absolute Gasteiger partial charge is 0.257 e. The SMILES string of the molecule is C/C=C(\Br)C(c1ccccc1)N(c1ccccc1I)S(C)(=O)=O. The number of halogens is 2. The second-order valence-corrected chi connectivity index (χ2v) is 8.93. The monoisotopic (exact) mass is 505 g/mol. The van der Waals surface area contributed by atoms with Crippen LogP contribution in [0.15, 0.2) is 65.2 Å². The summed E-state index contributed by atoms with van der Waals surface area (Å²) >= 11 is 5.71. The molecule has 0 aliphatic heterocycles. The summed E-state index contributed by atoms with van der Waals surface area (Å²) in [5.41, 5.74) is 1.57. The normalized spacial score (nSPS) is 13.7. The third kappa shape index (κ3) is 4.36. The number of benzene rings is 2. The molecule has 2 aromatic carbocycles. The molecule has 122 valence electrons. The van der Waals surface area contributed by atoms with Gasteiger partial charge in [0.2, 0.25) is 10.0 Å². The summed E-state index contributed by atoms with van der Waals surface area (Å²) in [6.45, 7) is 1.89. The topological polar surface area (TPSA) is 37.4 Å². The minimum Gasteiger partial charge on any atom is -0.257 e. The Hall–Kier alpha value is -0.860. The van der Waals surface area contributed by atoms with Crippen molar-refractivity contribution in [2.24, 2.45) is 0 Å². The van der Waals surface area contributed by atoms with E-state index in [-0.39, 0.29) is 0 Å². The maximum absolute atomic E-state index is 12.6. The Labute approximate surface area is 159 Å². The Morgan fingerprint density at radius 2 is 1.70 bits per heavy atom. The van der Waals surface area contributed by atoms with Gasteiger partial charge in [-0.25, -0.2) is 8.42 Å². The lowest BCUT2D eigenvalue weighted by molar-refractivity contribution is 0.592. The van der Waals surface area contributed by atoms with Crippen molar-refractivity contribution < 1.29 is 8.42 Å². The lowest BCUT2D eigenvalue weighted by atomic mass is 10.1. The lowest BCUT2D eigenvalue weighted by Crippen LogP contribution is -2.35. The van der Waals surface area contributed by atoms with Crippen molar-refractivity contribution in [1.82, 2.24) is 0 Å². The van der Waals surface area contributed by atoms with Crippen LogP contribution >= 0.6 is 38.5 Å². The summed E-state index contributed by atoms with van der Waals surface area (Å²) in [6, 6.07) is 16.6. The highest BCUT2D eigenvalue weighted by atomic mass is 127. The Kier molecular flexibility index (Phi) is 6.27. The van der Waals surface area contributed by atoms with E-state index in [0.717, 1.165) is 13.6 Å². The van der Waals surface area contributed by atoms with Crippen LogP contribution in [0.1, 0.15) is 18.5 Å². The molecule has 0 aliphatic rings. The number of sulfonamides is 1. The van der Waals surface area contributed by atoms with Crippen LogP contribution in [-0.2, 0) is 10.0 Å². The van der Waals surface area contributed by atoms with Gasteiger partial charge in [-0.3, -0.25) is 4.31 Å². The molecule has 0 saturated heterocycles. The van der Waals surface area contributed by atoms with Crippen molar-refractivity contribution in [3.8, 4) is 0 Å². The van der Waals surface area contributed by atoms with Gasteiger partial charge in [0.05, 0.1) is 11.9 Å². The highest BCUT2D eigenvalue weighted by Crippen LogP contribution is 2.39. The zero-order valence-corrected chi connectivity index (χ0v) is 17.3. The molecule has 2 rings (SSSR count). The quantitative estimate of drug-likeness (QED) is 0.530. The molecule has 3 nitrogen and oxygen atoms in total. The van der Waals surface area contributed by atoms with Crippen LogP contribution in [0.4, 0.5) is 5.69 Å². The maximum atomic E-state index is 12.6. The third-order valence-electron chi connectivity index (χ3n) is 3.33. The highest BCUT2D eigenvalue weighted by molar-refractivity contribution is 14.1. The Morgan fingerprint density at radius 3 is 2.22 bits per heavy atom. The molecule has 2 aromatic rings. The van der Waals surface area contributed by atoms with Gasteiger partial charge >= 0.3 is 0 Å². The minimum absolute atomic E-state index is 0.438. The maximum Gasteiger partial charge on any atom is 0.233 e. The average Bonchev–Trinajstić information content (AvgIpc) is 2.52. The number of allylic oxidation sites excluding steroid dienone is 1. The van der Waals surface area contributed by atoms with Gasteiger partial charge in [0.15, 0.2) is 0 Å². The molecule has 0 aliphatic carbocycles. The molecule has 1 unspecified atom stereocenters. The smallest absolute Gasteiger partial charge is 0.233 e. The number of hydrogen-bond donors (Lipinski definition) is 0. The van der Waals surface area contributed by atoms with Crippen LogP contribution in [0.25, 0.3) is 0 Å². The molecule has 0 amide bonds. The molecular weight excluding hydrogens is 489 g/mol. The highest BCUT2D eigenvalue weighted by Gasteiger charge is 2.31. The molecular formula is C17H17BrINO2S. The van der Waals surface area contributed by atoms with E-state index in [9.17, 15) is 8.42 Å². The Morgan fingerprint density at radius 1 is 1.13 bits per heavy atom. The summed E-state index contributed by atoms with van der Waals surface area (Å²) in [4.78, 5) is 0. The van der Waals surface area contributed by atoms with Gasteiger partial charge in [-0.1, -0.05) is 64.5 Å². The molecule has 6 heteroatoms. The van der Waals surface area contributed by atoms with Crippen LogP contribution < -0.4 is 4.31 Å². The standard InChI is InChI=1S/C17H17BrINO2S/c1-3-14(18)17(13-9-5-4-6-10-13)20(23(2,21)22)16-12-8-7-11-15(16)19/h3-12,17H,1-2H3/b14-3-. The van der Waals surface area contributed by atoms with Crippen molar-refractivity contribution in [3.63, 3.8) is 0 Å². The molecule has 0 bridgehead atoms. The second kappa shape index (κ2) is 7.81. The predicted molar refractivity (Wildman–Crippen MR) is 108 cm³/mol. The van der Waals surface area contributed by atoms with Gasteiger partial charge in [0.1, 0.15) is 6.04 Å². The fraction of sp³-hybridized carbons (Fsp3) is 0.176. The number of para-hydroxylation sites is 1. The Balaban J connectivity index is 2.72. The van der Waals surface area contributed by atoms with Crippen LogP contribution in [0.3, 0.4) is 0 Å². The lowest BCUT2D eigenvalue weighted by Gasteiger charge is -2.32. The first-order valence-electron chi connectivity index (χ1n) is 6.97. The summed E-state index contributed by atoms with van der Waals surface area (Å²) < 4.78 is 28.3. The van der Waals surface area contributed by atoms with Crippen LogP contribution in [-0.4, -0.2) is 14.7 Å². The molecule has 0 spiro atoms. The molecule has 0 aromatic heterocycles. The number of hydrogen-bond acceptors (Lipinski definition) is 2. The van der Waals surface area contributed by atoms with E-state index in [0.29, 0.717) is 5.69 Å². The summed E-state index contributed by atoms with van der Waals surface area (Å²) in [5.74, 6) is 0. The van der Waals surface area contributed by atoms with E-state index in [2.05, 4.69) is 38.5 Å². The molecule has 23 heavy (non-hydrogen) atoms. The number of nitrogens with zero attached hydrogens (tertiary/aromatic N) is 1. The van der Waals surface area contributed by atoms with Gasteiger partial charge in [0.25, 0.3) is 0 Å². The van der Waals surface area contributed by atoms with E-state index in [4.69, 9.17) is 0 Å². The summed E-state index contributed by atoms with van der Waals surface area (Å²) in [5, 5.41) is 0. The molecule has 0 radical (unpaired) electrons. The summed E-state index contributed by atoms with van der Waals surface area (Å²) in [6.07, 6.45) is 3.12. The first-order chi connectivity index (χ1) is 10.9. The van der Waals surface area contributed by atoms with Gasteiger partial charge in [-0.2, -0.15) is 0 Å². The van der Waals surface area contributed by atoms with Crippen molar-refractivity contribution in [1.29, 1.82) is 0 Å². The van der Waals surface area contributed by atoms with Crippen LogP contribution in [0, 0.1) is 3.57 Å². The van der Waals surface area contributed by atoms with Gasteiger partial charge in [0, 0.05) is 8.05 Å². The molecule has 1 atom stereocenters. The van der Waals surface area contributed by atoms with Crippen molar-refractivity contribution in [2.75, 3.05) is 10.6 Å². The predicted octanol–water partition coefficient (Wildman–Crippen LogP) is 5.10. The van der Waals surface area contributed by atoms with Crippen LogP contribution in [0.2, 0.25) is 0 Å². The van der Waals surface area contributed by atoms with Crippen molar-refractivity contribution in [2.45, 2.75) is 13.0 Å². The minimum atomic E-state index is -3.49. The molecule has 0 saturated carbocycles. The first-order valence-corrected chi connectivity index (χ1v) is 10.7. The van der Waals surface area contributed by atoms with Gasteiger partial charge in [-0.15, -0.1) is 0 Å². The second-order valence-electron chi connectivity index (χ2n) is 5.00. The van der Waals surface area contributed by atoms with Gasteiger partial charge < -0.3 is 0 Å². The Bertz CT molecular complexity index is 806. The fourth-order valence-electron chi connectivity index (χ4n) is 2.34. The van der Waals surface area contributed by atoms with E-state index in [1.165, 1.54) is 10.6 Å². The number of rotatable bonds is 5. The average molecular weight is 506 g/mol. The third-order valence-corrected chi connectivity index (χ3v) is 6.26. The molecule has 0 N–H and O–H groups in total. The summed E-state index contributed by atoms with van der Waals surface area (Å²) in [7, 11) is -3.49. The van der Waals surface area contributed by atoms with E-state index >= 15 is 0 Å². The van der Waals surface area contributed by atoms with Gasteiger partial charge in [-0.05, 0) is 47.2 Å². The van der Waals surface area contributed by atoms with E-state index < -0.39 is 16.1 Å². The van der Waals surface area contributed by atoms with Crippen LogP contribution in [0.5, 0.6) is 0 Å². The fourth-order valence-corrected chi connectivity index (χ4v) is 4.89. The van der Waals surface area contributed by atoms with E-state index in [1.807, 2.05) is 67.6 Å². The van der Waals surface area contributed by atoms with Crippen molar-refractivity contribution >= 4 is 54.2 Å². The van der Waals surface area contributed by atoms with Crippen molar-refractivity contribution in [3.05, 3.63) is 74.3 Å². The van der Waals surface area contributed by atoms with E-state index in [1.54, 1.807) is 0 Å². The number of anilines is 1. The first kappa shape index (κ1) is 18.5.